The van der Waals surface area contributed by atoms with E-state index in [1.165, 1.54) is 11.1 Å². The molecule has 2 heterocycles. The zero-order valence-corrected chi connectivity index (χ0v) is 15.6. The first-order valence-corrected chi connectivity index (χ1v) is 9.78. The van der Waals surface area contributed by atoms with Crippen molar-refractivity contribution in [2.45, 2.75) is 25.2 Å². The topological polar surface area (TPSA) is 69.3 Å². The minimum absolute atomic E-state index is 0.0368. The van der Waals surface area contributed by atoms with Crippen LogP contribution in [0, 0.1) is 0 Å². The van der Waals surface area contributed by atoms with Gasteiger partial charge in [0.25, 0.3) is 0 Å². The number of aromatic nitrogens is 2. The summed E-state index contributed by atoms with van der Waals surface area (Å²) in [5, 5.41) is 7.98. The first kappa shape index (κ1) is 17.0. The fraction of sp³-hybridized carbons (Fsp3) is 0.318. The lowest BCUT2D eigenvalue weighted by Gasteiger charge is -2.35. The van der Waals surface area contributed by atoms with E-state index in [4.69, 9.17) is 0 Å². The van der Waals surface area contributed by atoms with Crippen molar-refractivity contribution < 1.29 is 9.59 Å². The standard InChI is InChI=1S/C22H22N4O2/c27-21(11-16-6-5-15-3-1-2-4-19(15)16)25-9-10-26(22(28)14-25)18-8-7-17-13-23-24-20(17)12-18/h1-4,7-8,12-13,16H,5-6,9-11,14H2,(H,23,24)/t16-/m0/s1. The highest BCUT2D eigenvalue weighted by atomic mass is 16.2. The lowest BCUT2D eigenvalue weighted by molar-refractivity contribution is -0.137. The number of anilines is 1. The normalized spacial score (nSPS) is 19.3. The first-order chi connectivity index (χ1) is 13.7. The largest absolute Gasteiger partial charge is 0.332 e. The maximum absolute atomic E-state index is 12.8. The molecule has 142 valence electrons. The van der Waals surface area contributed by atoms with Gasteiger partial charge in [-0.05, 0) is 48.1 Å². The zero-order valence-electron chi connectivity index (χ0n) is 15.6. The number of piperazine rings is 1. The molecule has 3 aromatic rings. The smallest absolute Gasteiger partial charge is 0.246 e. The predicted molar refractivity (Wildman–Crippen MR) is 107 cm³/mol. The van der Waals surface area contributed by atoms with Gasteiger partial charge in [0.1, 0.15) is 6.54 Å². The molecule has 1 aliphatic carbocycles. The number of fused-ring (bicyclic) bond motifs is 2. The predicted octanol–water partition coefficient (Wildman–Crippen LogP) is 2.86. The molecule has 0 saturated carbocycles. The van der Waals surface area contributed by atoms with Crippen LogP contribution in [0.25, 0.3) is 10.9 Å². The van der Waals surface area contributed by atoms with Crippen LogP contribution >= 0.6 is 0 Å². The van der Waals surface area contributed by atoms with Crippen molar-refractivity contribution in [1.29, 1.82) is 0 Å². The number of benzene rings is 2. The number of H-pyrrole nitrogens is 1. The van der Waals surface area contributed by atoms with Crippen LogP contribution in [0.5, 0.6) is 0 Å². The molecule has 1 saturated heterocycles. The molecule has 0 radical (unpaired) electrons. The molecule has 5 rings (SSSR count). The van der Waals surface area contributed by atoms with E-state index in [9.17, 15) is 9.59 Å². The maximum Gasteiger partial charge on any atom is 0.246 e. The number of nitrogens with zero attached hydrogens (tertiary/aromatic N) is 3. The van der Waals surface area contributed by atoms with Crippen LogP contribution in [-0.2, 0) is 16.0 Å². The highest BCUT2D eigenvalue weighted by molar-refractivity contribution is 5.99. The Morgan fingerprint density at radius 2 is 2.07 bits per heavy atom. The summed E-state index contributed by atoms with van der Waals surface area (Å²) < 4.78 is 0. The lowest BCUT2D eigenvalue weighted by atomic mass is 9.97. The highest BCUT2D eigenvalue weighted by Crippen LogP contribution is 2.35. The van der Waals surface area contributed by atoms with Crippen molar-refractivity contribution in [1.82, 2.24) is 15.1 Å². The summed E-state index contributed by atoms with van der Waals surface area (Å²) in [7, 11) is 0. The summed E-state index contributed by atoms with van der Waals surface area (Å²) >= 11 is 0. The molecule has 2 aliphatic rings. The summed E-state index contributed by atoms with van der Waals surface area (Å²) in [6.07, 6.45) is 4.31. The number of amides is 2. The van der Waals surface area contributed by atoms with Crippen molar-refractivity contribution in [3.8, 4) is 0 Å². The number of rotatable bonds is 3. The van der Waals surface area contributed by atoms with Crippen molar-refractivity contribution >= 4 is 28.4 Å². The van der Waals surface area contributed by atoms with E-state index >= 15 is 0 Å². The number of hydrogen-bond acceptors (Lipinski definition) is 3. The van der Waals surface area contributed by atoms with E-state index in [2.05, 4.69) is 28.4 Å². The van der Waals surface area contributed by atoms with E-state index in [0.717, 1.165) is 29.4 Å². The van der Waals surface area contributed by atoms with Crippen LogP contribution in [0.1, 0.15) is 29.9 Å². The number of carbonyl (C=O) groups is 2. The molecule has 2 aromatic carbocycles. The fourth-order valence-electron chi connectivity index (χ4n) is 4.45. The van der Waals surface area contributed by atoms with Gasteiger partial charge >= 0.3 is 0 Å². The summed E-state index contributed by atoms with van der Waals surface area (Å²) in [5.41, 5.74) is 4.41. The summed E-state index contributed by atoms with van der Waals surface area (Å²) in [5.74, 6) is 0.323. The molecular weight excluding hydrogens is 352 g/mol. The Hall–Kier alpha value is -3.15. The van der Waals surface area contributed by atoms with E-state index in [0.29, 0.717) is 19.5 Å². The molecule has 0 bridgehead atoms. The van der Waals surface area contributed by atoms with Gasteiger partial charge in [0.2, 0.25) is 11.8 Å². The molecule has 1 aromatic heterocycles. The minimum atomic E-state index is -0.0368. The minimum Gasteiger partial charge on any atom is -0.332 e. The number of aryl methyl sites for hydroxylation is 1. The van der Waals surface area contributed by atoms with Gasteiger partial charge in [-0.25, -0.2) is 0 Å². The molecular formula is C22H22N4O2. The first-order valence-electron chi connectivity index (χ1n) is 9.78. The van der Waals surface area contributed by atoms with Crippen LogP contribution in [0.4, 0.5) is 5.69 Å². The highest BCUT2D eigenvalue weighted by Gasteiger charge is 2.31. The summed E-state index contributed by atoms with van der Waals surface area (Å²) in [6.45, 7) is 1.24. The SMILES string of the molecule is O=C(C[C@@H]1CCc2ccccc21)N1CCN(c2ccc3cn[nH]c3c2)C(=O)C1. The zero-order chi connectivity index (χ0) is 19.1. The van der Waals surface area contributed by atoms with Gasteiger partial charge in [0.05, 0.1) is 11.7 Å². The van der Waals surface area contributed by atoms with Crippen LogP contribution in [0.15, 0.2) is 48.7 Å². The molecule has 2 amide bonds. The third kappa shape index (κ3) is 2.95. The fourth-order valence-corrected chi connectivity index (χ4v) is 4.45. The molecule has 1 N–H and O–H groups in total. The number of carbonyl (C=O) groups excluding carboxylic acids is 2. The Labute approximate surface area is 163 Å². The van der Waals surface area contributed by atoms with Crippen molar-refractivity contribution in [3.63, 3.8) is 0 Å². The second kappa shape index (κ2) is 6.78. The van der Waals surface area contributed by atoms with E-state index in [1.54, 1.807) is 16.0 Å². The second-order valence-electron chi connectivity index (χ2n) is 7.64. The molecule has 1 atom stereocenters. The van der Waals surface area contributed by atoms with Crippen molar-refractivity contribution in [2.24, 2.45) is 0 Å². The van der Waals surface area contributed by atoms with Crippen LogP contribution in [0.2, 0.25) is 0 Å². The Balaban J connectivity index is 1.25. The molecule has 28 heavy (non-hydrogen) atoms. The van der Waals surface area contributed by atoms with Gasteiger partial charge in [0, 0.05) is 30.6 Å². The van der Waals surface area contributed by atoms with Crippen molar-refractivity contribution in [2.75, 3.05) is 24.5 Å². The maximum atomic E-state index is 12.8. The molecule has 6 nitrogen and oxygen atoms in total. The monoisotopic (exact) mass is 374 g/mol. The van der Waals surface area contributed by atoms with Gasteiger partial charge in [-0.2, -0.15) is 5.10 Å². The van der Waals surface area contributed by atoms with Gasteiger partial charge < -0.3 is 9.80 Å². The molecule has 0 spiro atoms. The summed E-state index contributed by atoms with van der Waals surface area (Å²) in [4.78, 5) is 29.0. The second-order valence-corrected chi connectivity index (χ2v) is 7.64. The Bertz CT molecular complexity index is 1060. The lowest BCUT2D eigenvalue weighted by Crippen LogP contribution is -2.52. The van der Waals surface area contributed by atoms with Gasteiger partial charge in [-0.15, -0.1) is 0 Å². The molecule has 1 aliphatic heterocycles. The molecule has 6 heteroatoms. The van der Waals surface area contributed by atoms with Crippen LogP contribution in [-0.4, -0.2) is 46.5 Å². The summed E-state index contributed by atoms with van der Waals surface area (Å²) in [6, 6.07) is 14.2. The average molecular weight is 374 g/mol. The van der Waals surface area contributed by atoms with E-state index in [1.807, 2.05) is 24.3 Å². The quantitative estimate of drug-likeness (QED) is 0.766. The Kier molecular flexibility index (Phi) is 4.11. The Morgan fingerprint density at radius 3 is 2.96 bits per heavy atom. The number of nitrogens with one attached hydrogen (secondary N) is 1. The molecule has 1 fully saturated rings. The number of hydrogen-bond donors (Lipinski definition) is 1. The third-order valence-electron chi connectivity index (χ3n) is 5.99. The Morgan fingerprint density at radius 1 is 1.18 bits per heavy atom. The number of aromatic amines is 1. The van der Waals surface area contributed by atoms with Crippen molar-refractivity contribution in [3.05, 3.63) is 59.8 Å². The van der Waals surface area contributed by atoms with Crippen LogP contribution in [0.3, 0.4) is 0 Å². The molecule has 0 unspecified atom stereocenters. The van der Waals surface area contributed by atoms with Crippen LogP contribution < -0.4 is 4.90 Å². The van der Waals surface area contributed by atoms with E-state index < -0.39 is 0 Å². The average Bonchev–Trinajstić information content (AvgIpc) is 3.34. The van der Waals surface area contributed by atoms with Gasteiger partial charge in [0.15, 0.2) is 0 Å². The van der Waals surface area contributed by atoms with Gasteiger partial charge in [-0.3, -0.25) is 14.7 Å². The van der Waals surface area contributed by atoms with E-state index in [-0.39, 0.29) is 24.3 Å². The van der Waals surface area contributed by atoms with Gasteiger partial charge in [-0.1, -0.05) is 24.3 Å². The third-order valence-corrected chi connectivity index (χ3v) is 5.99.